The van der Waals surface area contributed by atoms with Gasteiger partial charge in [-0.05, 0) is 31.9 Å². The number of benzene rings is 1. The van der Waals surface area contributed by atoms with Crippen LogP contribution in [-0.2, 0) is 10.0 Å². The van der Waals surface area contributed by atoms with Crippen molar-refractivity contribution >= 4 is 15.7 Å². The summed E-state index contributed by atoms with van der Waals surface area (Å²) in [6.07, 6.45) is 4.60. The Morgan fingerprint density at radius 3 is 2.47 bits per heavy atom. The lowest BCUT2D eigenvalue weighted by atomic mass is 9.84. The van der Waals surface area contributed by atoms with Crippen molar-refractivity contribution < 1.29 is 12.8 Å². The standard InChI is InChI=1S/C13H19FN2O2S/c1-13(8-3-2-4-9-13)16-19(17,18)12-10(14)6-5-7-11(12)15/h5-7,16H,2-4,8-9,15H2,1H3. The van der Waals surface area contributed by atoms with Crippen molar-refractivity contribution in [2.24, 2.45) is 0 Å². The Labute approximate surface area is 113 Å². The lowest BCUT2D eigenvalue weighted by Crippen LogP contribution is -2.47. The van der Waals surface area contributed by atoms with Gasteiger partial charge in [0.05, 0.1) is 5.69 Å². The molecular weight excluding hydrogens is 267 g/mol. The second kappa shape index (κ2) is 5.09. The van der Waals surface area contributed by atoms with E-state index in [0.29, 0.717) is 0 Å². The molecular formula is C13H19FN2O2S. The summed E-state index contributed by atoms with van der Waals surface area (Å²) in [6.45, 7) is 1.86. The Balaban J connectivity index is 2.33. The van der Waals surface area contributed by atoms with Crippen LogP contribution in [0.5, 0.6) is 0 Å². The Kier molecular flexibility index (Phi) is 3.82. The molecule has 0 aromatic heterocycles. The lowest BCUT2D eigenvalue weighted by Gasteiger charge is -2.34. The molecule has 0 radical (unpaired) electrons. The number of hydrogen-bond donors (Lipinski definition) is 2. The van der Waals surface area contributed by atoms with Crippen LogP contribution in [0.2, 0.25) is 0 Å². The van der Waals surface area contributed by atoms with Gasteiger partial charge >= 0.3 is 0 Å². The van der Waals surface area contributed by atoms with E-state index in [0.717, 1.165) is 38.2 Å². The normalized spacial score (nSPS) is 19.3. The zero-order valence-electron chi connectivity index (χ0n) is 10.9. The van der Waals surface area contributed by atoms with E-state index in [1.165, 1.54) is 12.1 Å². The summed E-state index contributed by atoms with van der Waals surface area (Å²) in [5.41, 5.74) is 5.03. The predicted molar refractivity (Wildman–Crippen MR) is 72.6 cm³/mol. The highest BCUT2D eigenvalue weighted by atomic mass is 32.2. The van der Waals surface area contributed by atoms with Crippen LogP contribution in [-0.4, -0.2) is 14.0 Å². The molecule has 6 heteroatoms. The molecule has 3 N–H and O–H groups in total. The van der Waals surface area contributed by atoms with Gasteiger partial charge in [-0.1, -0.05) is 25.3 Å². The van der Waals surface area contributed by atoms with Gasteiger partial charge in [-0.2, -0.15) is 0 Å². The van der Waals surface area contributed by atoms with Crippen molar-refractivity contribution in [3.8, 4) is 0 Å². The number of hydrogen-bond acceptors (Lipinski definition) is 3. The van der Waals surface area contributed by atoms with Crippen molar-refractivity contribution in [3.63, 3.8) is 0 Å². The van der Waals surface area contributed by atoms with Crippen LogP contribution in [0.4, 0.5) is 10.1 Å². The third-order valence-corrected chi connectivity index (χ3v) is 5.33. The molecule has 0 amide bonds. The first-order valence-corrected chi connectivity index (χ1v) is 7.90. The highest BCUT2D eigenvalue weighted by molar-refractivity contribution is 7.89. The molecule has 106 valence electrons. The Bertz CT molecular complexity index is 546. The zero-order valence-corrected chi connectivity index (χ0v) is 11.8. The molecule has 4 nitrogen and oxygen atoms in total. The number of nitrogens with one attached hydrogen (secondary N) is 1. The summed E-state index contributed by atoms with van der Waals surface area (Å²) in [5.74, 6) is -0.813. The topological polar surface area (TPSA) is 72.2 Å². The van der Waals surface area contributed by atoms with E-state index < -0.39 is 26.3 Å². The van der Waals surface area contributed by atoms with Gasteiger partial charge in [0, 0.05) is 5.54 Å². The van der Waals surface area contributed by atoms with Crippen molar-refractivity contribution in [2.45, 2.75) is 49.5 Å². The van der Waals surface area contributed by atoms with Gasteiger partial charge in [0.15, 0.2) is 0 Å². The summed E-state index contributed by atoms with van der Waals surface area (Å²) >= 11 is 0. The molecule has 1 fully saturated rings. The third-order valence-electron chi connectivity index (χ3n) is 3.60. The van der Waals surface area contributed by atoms with E-state index in [1.807, 2.05) is 6.92 Å². The van der Waals surface area contributed by atoms with Gasteiger partial charge in [-0.15, -0.1) is 0 Å². The molecule has 1 aromatic carbocycles. The molecule has 1 saturated carbocycles. The Morgan fingerprint density at radius 2 is 1.89 bits per heavy atom. The van der Waals surface area contributed by atoms with E-state index in [4.69, 9.17) is 5.73 Å². The van der Waals surface area contributed by atoms with Crippen molar-refractivity contribution in [1.29, 1.82) is 0 Å². The predicted octanol–water partition coefficient (Wildman–Crippen LogP) is 2.41. The minimum Gasteiger partial charge on any atom is -0.398 e. The van der Waals surface area contributed by atoms with Gasteiger partial charge in [-0.25, -0.2) is 17.5 Å². The Hall–Kier alpha value is -1.14. The third kappa shape index (κ3) is 3.06. The summed E-state index contributed by atoms with van der Waals surface area (Å²) in [7, 11) is -3.93. The van der Waals surface area contributed by atoms with E-state index in [9.17, 15) is 12.8 Å². The second-order valence-electron chi connectivity index (χ2n) is 5.39. The number of halogens is 1. The monoisotopic (exact) mass is 286 g/mol. The van der Waals surface area contributed by atoms with Crippen LogP contribution < -0.4 is 10.5 Å². The van der Waals surface area contributed by atoms with E-state index >= 15 is 0 Å². The van der Waals surface area contributed by atoms with Gasteiger partial charge in [-0.3, -0.25) is 0 Å². The molecule has 0 bridgehead atoms. The molecule has 0 saturated heterocycles. The molecule has 2 rings (SSSR count). The minimum atomic E-state index is -3.93. The molecule has 1 aromatic rings. The van der Waals surface area contributed by atoms with Crippen molar-refractivity contribution in [1.82, 2.24) is 4.72 Å². The number of anilines is 1. The first-order valence-electron chi connectivity index (χ1n) is 6.42. The summed E-state index contributed by atoms with van der Waals surface area (Å²) < 4.78 is 41.0. The quantitative estimate of drug-likeness (QED) is 0.838. The van der Waals surface area contributed by atoms with E-state index in [1.54, 1.807) is 0 Å². The molecule has 1 aliphatic carbocycles. The fourth-order valence-electron chi connectivity index (χ4n) is 2.62. The van der Waals surface area contributed by atoms with E-state index in [2.05, 4.69) is 4.72 Å². The van der Waals surface area contributed by atoms with Crippen molar-refractivity contribution in [3.05, 3.63) is 24.0 Å². The SMILES string of the molecule is CC1(NS(=O)(=O)c2c(N)cccc2F)CCCCC1. The second-order valence-corrected chi connectivity index (χ2v) is 7.00. The van der Waals surface area contributed by atoms with Crippen LogP contribution in [0.3, 0.4) is 0 Å². The number of nitrogens with two attached hydrogens (primary N) is 1. The first-order chi connectivity index (χ1) is 8.84. The molecule has 0 spiro atoms. The fourth-order valence-corrected chi connectivity index (χ4v) is 4.28. The van der Waals surface area contributed by atoms with Crippen LogP contribution in [0, 0.1) is 5.82 Å². The lowest BCUT2D eigenvalue weighted by molar-refractivity contribution is 0.293. The highest BCUT2D eigenvalue weighted by Gasteiger charge is 2.34. The summed E-state index contributed by atoms with van der Waals surface area (Å²) in [5, 5.41) is 0. The van der Waals surface area contributed by atoms with Crippen LogP contribution in [0.15, 0.2) is 23.1 Å². The van der Waals surface area contributed by atoms with Crippen molar-refractivity contribution in [2.75, 3.05) is 5.73 Å². The maximum atomic E-state index is 13.7. The summed E-state index contributed by atoms with van der Waals surface area (Å²) in [4.78, 5) is -0.443. The van der Waals surface area contributed by atoms with Crippen LogP contribution in [0.1, 0.15) is 39.0 Å². The highest BCUT2D eigenvalue weighted by Crippen LogP contribution is 2.30. The van der Waals surface area contributed by atoms with E-state index in [-0.39, 0.29) is 5.69 Å². The average Bonchev–Trinajstić information content (AvgIpc) is 2.27. The van der Waals surface area contributed by atoms with Gasteiger partial charge < -0.3 is 5.73 Å². The maximum absolute atomic E-state index is 13.7. The summed E-state index contributed by atoms with van der Waals surface area (Å²) in [6, 6.07) is 3.89. The van der Waals surface area contributed by atoms with Crippen LogP contribution in [0.25, 0.3) is 0 Å². The molecule has 0 heterocycles. The maximum Gasteiger partial charge on any atom is 0.246 e. The van der Waals surface area contributed by atoms with Gasteiger partial charge in [0.25, 0.3) is 0 Å². The molecule has 0 unspecified atom stereocenters. The molecule has 1 aliphatic rings. The smallest absolute Gasteiger partial charge is 0.246 e. The fraction of sp³-hybridized carbons (Fsp3) is 0.538. The van der Waals surface area contributed by atoms with Gasteiger partial charge in [0.2, 0.25) is 10.0 Å². The minimum absolute atomic E-state index is 0.0630. The first kappa shape index (κ1) is 14.3. The zero-order chi connectivity index (χ0) is 14.1. The average molecular weight is 286 g/mol. The number of nitrogen functional groups attached to an aromatic ring is 1. The van der Waals surface area contributed by atoms with Crippen LogP contribution >= 0.6 is 0 Å². The molecule has 0 aliphatic heterocycles. The number of rotatable bonds is 3. The largest absolute Gasteiger partial charge is 0.398 e. The molecule has 0 atom stereocenters. The molecule has 19 heavy (non-hydrogen) atoms. The van der Waals surface area contributed by atoms with Gasteiger partial charge in [0.1, 0.15) is 10.7 Å². The Morgan fingerprint density at radius 1 is 1.26 bits per heavy atom. The number of sulfonamides is 1.